The average Bonchev–Trinajstić information content (AvgIpc) is 2.02. The number of halogens is 3. The van der Waals surface area contributed by atoms with Gasteiger partial charge in [-0.2, -0.15) is 13.2 Å². The van der Waals surface area contributed by atoms with Gasteiger partial charge in [-0.25, -0.2) is 4.79 Å². The predicted molar refractivity (Wildman–Crippen MR) is 42.7 cm³/mol. The molecule has 84 valence electrons. The maximum Gasteiger partial charge on any atom is 0.411 e. The number of alkyl halides is 3. The molecular formula is C8H13F3O3. The lowest BCUT2D eigenvalue weighted by Gasteiger charge is -2.07. The van der Waals surface area contributed by atoms with E-state index in [1.807, 2.05) is 6.92 Å². The molecule has 0 radical (unpaired) electrons. The molecule has 6 heteroatoms. The van der Waals surface area contributed by atoms with Crippen molar-refractivity contribution in [3.63, 3.8) is 0 Å². The summed E-state index contributed by atoms with van der Waals surface area (Å²) < 4.78 is 43.3. The second-order valence-corrected chi connectivity index (χ2v) is 2.68. The van der Waals surface area contributed by atoms with Crippen LogP contribution < -0.4 is 0 Å². The van der Waals surface area contributed by atoms with Crippen LogP contribution in [0, 0.1) is 0 Å². The van der Waals surface area contributed by atoms with Gasteiger partial charge in [-0.15, -0.1) is 0 Å². The number of hydrogen-bond acceptors (Lipinski definition) is 3. The molecule has 0 unspecified atom stereocenters. The van der Waals surface area contributed by atoms with Crippen LogP contribution in [0.4, 0.5) is 13.2 Å². The summed E-state index contributed by atoms with van der Waals surface area (Å²) in [4.78, 5) is 10.7. The molecule has 0 aromatic heterocycles. The largest absolute Gasteiger partial charge is 0.464 e. The Balaban J connectivity index is 3.36. The standard InChI is InChI=1S/C8H13F3O3/c1-2-3-4-14-7(12)5-13-6-8(9,10)11/h2-6H2,1H3. The van der Waals surface area contributed by atoms with Crippen molar-refractivity contribution in [1.29, 1.82) is 0 Å². The van der Waals surface area contributed by atoms with Crippen LogP contribution in [0.3, 0.4) is 0 Å². The van der Waals surface area contributed by atoms with Gasteiger partial charge < -0.3 is 9.47 Å². The third kappa shape index (κ3) is 9.31. The molecule has 0 aliphatic rings. The highest BCUT2D eigenvalue weighted by atomic mass is 19.4. The molecule has 0 rings (SSSR count). The molecule has 0 bridgehead atoms. The highest BCUT2D eigenvalue weighted by Gasteiger charge is 2.27. The van der Waals surface area contributed by atoms with Gasteiger partial charge in [-0.3, -0.25) is 0 Å². The number of rotatable bonds is 6. The quantitative estimate of drug-likeness (QED) is 0.500. The van der Waals surface area contributed by atoms with E-state index in [1.165, 1.54) is 0 Å². The van der Waals surface area contributed by atoms with Gasteiger partial charge in [-0.1, -0.05) is 13.3 Å². The van der Waals surface area contributed by atoms with E-state index < -0.39 is 25.4 Å². The first kappa shape index (κ1) is 13.2. The SMILES string of the molecule is CCCCOC(=O)COCC(F)(F)F. The number of hydrogen-bond donors (Lipinski definition) is 0. The van der Waals surface area contributed by atoms with Crippen molar-refractivity contribution in [2.75, 3.05) is 19.8 Å². The summed E-state index contributed by atoms with van der Waals surface area (Å²) in [5.74, 6) is -0.761. The van der Waals surface area contributed by atoms with Gasteiger partial charge in [0.05, 0.1) is 6.61 Å². The van der Waals surface area contributed by atoms with Gasteiger partial charge in [-0.05, 0) is 6.42 Å². The van der Waals surface area contributed by atoms with E-state index >= 15 is 0 Å². The zero-order valence-corrected chi connectivity index (χ0v) is 7.89. The van der Waals surface area contributed by atoms with E-state index in [4.69, 9.17) is 0 Å². The molecule has 0 fully saturated rings. The van der Waals surface area contributed by atoms with Crippen LogP contribution in [0.5, 0.6) is 0 Å². The molecule has 0 amide bonds. The van der Waals surface area contributed by atoms with Gasteiger partial charge in [0.15, 0.2) is 0 Å². The minimum atomic E-state index is -4.40. The van der Waals surface area contributed by atoms with Gasteiger partial charge in [0.2, 0.25) is 0 Å². The molecule has 0 aromatic carbocycles. The van der Waals surface area contributed by atoms with Crippen molar-refractivity contribution in [2.24, 2.45) is 0 Å². The van der Waals surface area contributed by atoms with Gasteiger partial charge in [0.1, 0.15) is 13.2 Å². The molecule has 0 aromatic rings. The van der Waals surface area contributed by atoms with E-state index in [9.17, 15) is 18.0 Å². The zero-order chi connectivity index (χ0) is 11.0. The van der Waals surface area contributed by atoms with Crippen molar-refractivity contribution in [3.8, 4) is 0 Å². The number of esters is 1. The maximum absolute atomic E-state index is 11.5. The number of ether oxygens (including phenoxy) is 2. The summed E-state index contributed by atoms with van der Waals surface area (Å²) in [6.07, 6.45) is -2.84. The summed E-state index contributed by atoms with van der Waals surface area (Å²) >= 11 is 0. The highest BCUT2D eigenvalue weighted by molar-refractivity contribution is 5.70. The van der Waals surface area contributed by atoms with E-state index in [0.29, 0.717) is 6.42 Å². The van der Waals surface area contributed by atoms with Crippen molar-refractivity contribution in [1.82, 2.24) is 0 Å². The number of carbonyl (C=O) groups excluding carboxylic acids is 1. The summed E-state index contributed by atoms with van der Waals surface area (Å²) in [7, 11) is 0. The Bertz CT molecular complexity index is 168. The fourth-order valence-corrected chi connectivity index (χ4v) is 0.622. The molecule has 3 nitrogen and oxygen atoms in total. The fraction of sp³-hybridized carbons (Fsp3) is 0.875. The summed E-state index contributed by atoms with van der Waals surface area (Å²) in [6.45, 7) is 0.0673. The van der Waals surface area contributed by atoms with Crippen molar-refractivity contribution >= 4 is 5.97 Å². The molecule has 0 spiro atoms. The Morgan fingerprint density at radius 2 is 2.00 bits per heavy atom. The van der Waals surface area contributed by atoms with Crippen molar-refractivity contribution < 1.29 is 27.4 Å². The Labute approximate surface area is 80.2 Å². The van der Waals surface area contributed by atoms with Crippen LogP contribution in [0.15, 0.2) is 0 Å². The van der Waals surface area contributed by atoms with Crippen LogP contribution in [0.2, 0.25) is 0 Å². The second kappa shape index (κ2) is 6.64. The predicted octanol–water partition coefficient (Wildman–Crippen LogP) is 1.91. The lowest BCUT2D eigenvalue weighted by Crippen LogP contribution is -2.21. The monoisotopic (exact) mass is 214 g/mol. The van der Waals surface area contributed by atoms with Crippen molar-refractivity contribution in [2.45, 2.75) is 25.9 Å². The third-order valence-corrected chi connectivity index (χ3v) is 1.25. The summed E-state index contributed by atoms with van der Waals surface area (Å²) in [6, 6.07) is 0. The average molecular weight is 214 g/mol. The molecule has 0 saturated carbocycles. The molecule has 0 heterocycles. The van der Waals surface area contributed by atoms with E-state index in [1.54, 1.807) is 0 Å². The summed E-state index contributed by atoms with van der Waals surface area (Å²) in [5.41, 5.74) is 0. The van der Waals surface area contributed by atoms with Crippen LogP contribution >= 0.6 is 0 Å². The normalized spacial score (nSPS) is 11.4. The Kier molecular flexibility index (Phi) is 6.27. The Hall–Kier alpha value is -0.780. The lowest BCUT2D eigenvalue weighted by atomic mass is 10.4. The first-order valence-electron chi connectivity index (χ1n) is 4.26. The van der Waals surface area contributed by atoms with E-state index in [2.05, 4.69) is 9.47 Å². The first-order chi connectivity index (χ1) is 6.45. The van der Waals surface area contributed by atoms with Crippen LogP contribution in [0.25, 0.3) is 0 Å². The molecule has 0 saturated heterocycles. The van der Waals surface area contributed by atoms with Crippen molar-refractivity contribution in [3.05, 3.63) is 0 Å². The minimum absolute atomic E-state index is 0.227. The minimum Gasteiger partial charge on any atom is -0.464 e. The van der Waals surface area contributed by atoms with Crippen LogP contribution in [0.1, 0.15) is 19.8 Å². The van der Waals surface area contributed by atoms with Crippen LogP contribution in [-0.4, -0.2) is 32.0 Å². The lowest BCUT2D eigenvalue weighted by molar-refractivity contribution is -0.181. The maximum atomic E-state index is 11.5. The smallest absolute Gasteiger partial charge is 0.411 e. The highest BCUT2D eigenvalue weighted by Crippen LogP contribution is 2.14. The topological polar surface area (TPSA) is 35.5 Å². The molecular weight excluding hydrogens is 201 g/mol. The molecule has 0 atom stereocenters. The Morgan fingerprint density at radius 3 is 2.50 bits per heavy atom. The van der Waals surface area contributed by atoms with Gasteiger partial charge in [0, 0.05) is 0 Å². The van der Waals surface area contributed by atoms with E-state index in [-0.39, 0.29) is 6.61 Å². The fourth-order valence-electron chi connectivity index (χ4n) is 0.622. The van der Waals surface area contributed by atoms with Crippen LogP contribution in [-0.2, 0) is 14.3 Å². The number of carbonyl (C=O) groups is 1. The second-order valence-electron chi connectivity index (χ2n) is 2.68. The Morgan fingerprint density at radius 1 is 1.36 bits per heavy atom. The van der Waals surface area contributed by atoms with Gasteiger partial charge in [0.25, 0.3) is 0 Å². The molecule has 0 aliphatic carbocycles. The molecule has 0 aliphatic heterocycles. The summed E-state index contributed by atoms with van der Waals surface area (Å²) in [5, 5.41) is 0. The molecule has 0 N–H and O–H groups in total. The van der Waals surface area contributed by atoms with Gasteiger partial charge >= 0.3 is 12.1 Å². The first-order valence-corrected chi connectivity index (χ1v) is 4.26. The van der Waals surface area contributed by atoms with E-state index in [0.717, 1.165) is 6.42 Å². The number of unbranched alkanes of at least 4 members (excludes halogenated alkanes) is 1. The molecule has 14 heavy (non-hydrogen) atoms. The third-order valence-electron chi connectivity index (χ3n) is 1.25. The zero-order valence-electron chi connectivity index (χ0n) is 7.89.